The molecule has 1 saturated carbocycles. The number of nitrogens with zero attached hydrogens (tertiary/aromatic N) is 1. The highest BCUT2D eigenvalue weighted by Crippen LogP contribution is 2.42. The Labute approximate surface area is 134 Å². The van der Waals surface area contributed by atoms with Crippen LogP contribution in [0.4, 0.5) is 11.4 Å². The highest BCUT2D eigenvalue weighted by molar-refractivity contribution is 9.10. The number of carbonyl (C=O) groups excluding carboxylic acids is 1. The molecule has 1 fully saturated rings. The van der Waals surface area contributed by atoms with Crippen molar-refractivity contribution in [3.63, 3.8) is 0 Å². The lowest BCUT2D eigenvalue weighted by atomic mass is 10.1. The summed E-state index contributed by atoms with van der Waals surface area (Å²) >= 11 is 3.71. The van der Waals surface area contributed by atoms with Gasteiger partial charge in [-0.1, -0.05) is 13.8 Å². The standard InChI is InChI=1S/C16H22BrN3O/c1-3-7-20(10-5-6-10)14-9-13-11(8-12(14)17)15(18-4-2)16(21)19-13/h8-10,15,18H,3-7H2,1-2H3,(H,19,21). The Bertz CT molecular complexity index is 557. The Morgan fingerprint density at radius 1 is 1.38 bits per heavy atom. The molecule has 5 heteroatoms. The van der Waals surface area contributed by atoms with Gasteiger partial charge in [-0.05, 0) is 53.9 Å². The lowest BCUT2D eigenvalue weighted by Crippen LogP contribution is -2.27. The van der Waals surface area contributed by atoms with E-state index in [-0.39, 0.29) is 11.9 Å². The number of hydrogen-bond acceptors (Lipinski definition) is 3. The monoisotopic (exact) mass is 351 g/mol. The third-order valence-electron chi connectivity index (χ3n) is 4.12. The number of rotatable bonds is 6. The van der Waals surface area contributed by atoms with Crippen LogP contribution in [0, 0.1) is 0 Å². The van der Waals surface area contributed by atoms with Crippen molar-refractivity contribution in [3.8, 4) is 0 Å². The zero-order chi connectivity index (χ0) is 15.0. The number of benzene rings is 1. The summed E-state index contributed by atoms with van der Waals surface area (Å²) in [5.74, 6) is 0.0457. The van der Waals surface area contributed by atoms with E-state index in [4.69, 9.17) is 0 Å². The maximum Gasteiger partial charge on any atom is 0.246 e. The second kappa shape index (κ2) is 5.97. The predicted molar refractivity (Wildman–Crippen MR) is 89.8 cm³/mol. The molecule has 1 aliphatic carbocycles. The van der Waals surface area contributed by atoms with E-state index in [1.807, 2.05) is 6.92 Å². The second-order valence-corrected chi connectivity index (χ2v) is 6.65. The quantitative estimate of drug-likeness (QED) is 0.825. The van der Waals surface area contributed by atoms with Crippen LogP contribution in [0.25, 0.3) is 0 Å². The Morgan fingerprint density at radius 2 is 2.14 bits per heavy atom. The van der Waals surface area contributed by atoms with Crippen LogP contribution in [0.15, 0.2) is 16.6 Å². The van der Waals surface area contributed by atoms with Gasteiger partial charge in [0.2, 0.25) is 5.91 Å². The van der Waals surface area contributed by atoms with Crippen LogP contribution >= 0.6 is 15.9 Å². The molecule has 1 unspecified atom stereocenters. The van der Waals surface area contributed by atoms with Crippen LogP contribution in [0.3, 0.4) is 0 Å². The first-order chi connectivity index (χ1) is 10.2. The number of carbonyl (C=O) groups is 1. The number of fused-ring (bicyclic) bond motifs is 1. The molecule has 0 aromatic heterocycles. The molecule has 4 nitrogen and oxygen atoms in total. The van der Waals surface area contributed by atoms with E-state index in [0.29, 0.717) is 6.04 Å². The summed E-state index contributed by atoms with van der Waals surface area (Å²) in [5.41, 5.74) is 3.20. The fourth-order valence-corrected chi connectivity index (χ4v) is 3.61. The SMILES string of the molecule is CCCN(c1cc2c(cc1Br)C(NCC)C(=O)N2)C1CC1. The fourth-order valence-electron chi connectivity index (χ4n) is 3.02. The number of hydrogen-bond donors (Lipinski definition) is 2. The Morgan fingerprint density at radius 3 is 2.76 bits per heavy atom. The molecule has 0 radical (unpaired) electrons. The molecule has 1 aliphatic heterocycles. The maximum atomic E-state index is 12.1. The largest absolute Gasteiger partial charge is 0.368 e. The molecule has 0 bridgehead atoms. The van der Waals surface area contributed by atoms with Gasteiger partial charge in [-0.15, -0.1) is 0 Å². The summed E-state index contributed by atoms with van der Waals surface area (Å²) in [7, 11) is 0. The highest BCUT2D eigenvalue weighted by atomic mass is 79.9. The van der Waals surface area contributed by atoms with Gasteiger partial charge in [0.1, 0.15) is 6.04 Å². The first-order valence-electron chi connectivity index (χ1n) is 7.80. The molecule has 2 aliphatic rings. The molecule has 2 N–H and O–H groups in total. The van der Waals surface area contributed by atoms with E-state index in [9.17, 15) is 4.79 Å². The normalized spacial score (nSPS) is 20.3. The molecule has 1 heterocycles. The molecule has 1 aromatic rings. The molecule has 0 spiro atoms. The van der Waals surface area contributed by atoms with Gasteiger partial charge in [-0.3, -0.25) is 4.79 Å². The number of nitrogens with one attached hydrogen (secondary N) is 2. The van der Waals surface area contributed by atoms with Gasteiger partial charge in [0.05, 0.1) is 5.69 Å². The van der Waals surface area contributed by atoms with Gasteiger partial charge >= 0.3 is 0 Å². The van der Waals surface area contributed by atoms with Gasteiger partial charge in [-0.2, -0.15) is 0 Å². The zero-order valence-electron chi connectivity index (χ0n) is 12.6. The van der Waals surface area contributed by atoms with Crippen molar-refractivity contribution < 1.29 is 4.79 Å². The summed E-state index contributed by atoms with van der Waals surface area (Å²) in [4.78, 5) is 14.6. The molecule has 1 atom stereocenters. The minimum atomic E-state index is -0.226. The molecule has 21 heavy (non-hydrogen) atoms. The summed E-state index contributed by atoms with van der Waals surface area (Å²) < 4.78 is 1.08. The van der Waals surface area contributed by atoms with Crippen molar-refractivity contribution in [2.24, 2.45) is 0 Å². The van der Waals surface area contributed by atoms with Crippen molar-refractivity contribution in [3.05, 3.63) is 22.2 Å². The third-order valence-corrected chi connectivity index (χ3v) is 4.76. The Kier molecular flexibility index (Phi) is 4.22. The van der Waals surface area contributed by atoms with E-state index in [0.717, 1.165) is 35.2 Å². The average molecular weight is 352 g/mol. The van der Waals surface area contributed by atoms with Crippen molar-refractivity contribution in [1.29, 1.82) is 0 Å². The van der Waals surface area contributed by atoms with Gasteiger partial charge < -0.3 is 15.5 Å². The molecule has 114 valence electrons. The molecular formula is C16H22BrN3O. The van der Waals surface area contributed by atoms with Crippen molar-refractivity contribution in [2.45, 2.75) is 45.2 Å². The minimum Gasteiger partial charge on any atom is -0.368 e. The van der Waals surface area contributed by atoms with Crippen LogP contribution in [-0.4, -0.2) is 25.0 Å². The van der Waals surface area contributed by atoms with Crippen LogP contribution < -0.4 is 15.5 Å². The van der Waals surface area contributed by atoms with Crippen molar-refractivity contribution in [2.75, 3.05) is 23.3 Å². The summed E-state index contributed by atoms with van der Waals surface area (Å²) in [6, 6.07) is 4.67. The predicted octanol–water partition coefficient (Wildman–Crippen LogP) is 3.43. The van der Waals surface area contributed by atoms with E-state index < -0.39 is 0 Å². The fraction of sp³-hybridized carbons (Fsp3) is 0.562. The first-order valence-corrected chi connectivity index (χ1v) is 8.59. The topological polar surface area (TPSA) is 44.4 Å². The van der Waals surface area contributed by atoms with Crippen LogP contribution in [0.2, 0.25) is 0 Å². The second-order valence-electron chi connectivity index (χ2n) is 5.80. The number of halogens is 1. The van der Waals surface area contributed by atoms with Crippen molar-refractivity contribution >= 4 is 33.2 Å². The zero-order valence-corrected chi connectivity index (χ0v) is 14.2. The summed E-state index contributed by atoms with van der Waals surface area (Å²) in [6.07, 6.45) is 3.68. The average Bonchev–Trinajstić information content (AvgIpc) is 3.24. The number of amides is 1. The summed E-state index contributed by atoms with van der Waals surface area (Å²) in [6.45, 7) is 6.07. The van der Waals surface area contributed by atoms with Crippen LogP contribution in [0.5, 0.6) is 0 Å². The van der Waals surface area contributed by atoms with Crippen LogP contribution in [0.1, 0.15) is 44.7 Å². The number of anilines is 2. The van der Waals surface area contributed by atoms with E-state index in [1.165, 1.54) is 18.5 Å². The maximum absolute atomic E-state index is 12.1. The number of likely N-dealkylation sites (N-methyl/N-ethyl adjacent to an activating group) is 1. The van der Waals surface area contributed by atoms with Gasteiger partial charge in [0.15, 0.2) is 0 Å². The first kappa shape index (κ1) is 14.9. The van der Waals surface area contributed by atoms with Gasteiger partial charge in [0, 0.05) is 28.3 Å². The van der Waals surface area contributed by atoms with Gasteiger partial charge in [-0.25, -0.2) is 0 Å². The molecule has 1 amide bonds. The van der Waals surface area contributed by atoms with E-state index in [2.05, 4.69) is 50.5 Å². The molecule has 1 aromatic carbocycles. The Balaban J connectivity index is 1.95. The lowest BCUT2D eigenvalue weighted by molar-refractivity contribution is -0.117. The summed E-state index contributed by atoms with van der Waals surface area (Å²) in [5, 5.41) is 6.25. The van der Waals surface area contributed by atoms with E-state index >= 15 is 0 Å². The molecule has 0 saturated heterocycles. The van der Waals surface area contributed by atoms with Gasteiger partial charge in [0.25, 0.3) is 0 Å². The Hall–Kier alpha value is -1.07. The third kappa shape index (κ3) is 2.81. The smallest absolute Gasteiger partial charge is 0.246 e. The lowest BCUT2D eigenvalue weighted by Gasteiger charge is -2.26. The minimum absolute atomic E-state index is 0.0457. The molecule has 3 rings (SSSR count). The van der Waals surface area contributed by atoms with Crippen molar-refractivity contribution in [1.82, 2.24) is 5.32 Å². The van der Waals surface area contributed by atoms with E-state index in [1.54, 1.807) is 0 Å². The molecular weight excluding hydrogens is 330 g/mol. The van der Waals surface area contributed by atoms with Crippen LogP contribution in [-0.2, 0) is 4.79 Å². The highest BCUT2D eigenvalue weighted by Gasteiger charge is 2.34.